The van der Waals surface area contributed by atoms with Gasteiger partial charge in [0.1, 0.15) is 17.4 Å². The number of hydrogen-bond acceptors (Lipinski definition) is 5. The molecule has 0 unspecified atom stereocenters. The van der Waals surface area contributed by atoms with Crippen LogP contribution in [-0.4, -0.2) is 32.0 Å². The molecule has 6 heteroatoms. The van der Waals surface area contributed by atoms with Crippen molar-refractivity contribution in [2.45, 2.75) is 12.5 Å². The lowest BCUT2D eigenvalue weighted by atomic mass is 9.84. The van der Waals surface area contributed by atoms with Gasteiger partial charge in [-0.3, -0.25) is 9.59 Å². The minimum Gasteiger partial charge on any atom is -0.497 e. The normalized spacial score (nSPS) is 11.8. The number of primary amides is 1. The third-order valence-electron chi connectivity index (χ3n) is 3.76. The SMILES string of the molecule is COc1ccc([C](C(=O)[C@@H](N)CC(N)=O)c2ccc(OC)cc2)cc1. The van der Waals surface area contributed by atoms with Gasteiger partial charge in [-0.05, 0) is 35.4 Å². The summed E-state index contributed by atoms with van der Waals surface area (Å²) in [6, 6.07) is 13.1. The van der Waals surface area contributed by atoms with Crippen LogP contribution in [0.25, 0.3) is 0 Å². The van der Waals surface area contributed by atoms with Gasteiger partial charge in [0.25, 0.3) is 0 Å². The molecule has 0 fully saturated rings. The van der Waals surface area contributed by atoms with Crippen LogP contribution in [-0.2, 0) is 9.59 Å². The van der Waals surface area contributed by atoms with E-state index in [1.807, 2.05) is 0 Å². The highest BCUT2D eigenvalue weighted by Crippen LogP contribution is 2.29. The fourth-order valence-corrected chi connectivity index (χ4v) is 2.46. The number of carbonyl (C=O) groups excluding carboxylic acids is 2. The first kappa shape index (κ1) is 18.5. The molecule has 6 nitrogen and oxygen atoms in total. The minimum absolute atomic E-state index is 0.214. The third kappa shape index (κ3) is 4.58. The molecular formula is C19H21N2O4. The van der Waals surface area contributed by atoms with E-state index in [2.05, 4.69) is 0 Å². The Bertz CT molecular complexity index is 679. The summed E-state index contributed by atoms with van der Waals surface area (Å²) in [4.78, 5) is 24.0. The van der Waals surface area contributed by atoms with Crippen LogP contribution < -0.4 is 20.9 Å². The predicted molar refractivity (Wildman–Crippen MR) is 94.2 cm³/mol. The number of ether oxygens (including phenoxy) is 2. The number of nitrogens with two attached hydrogens (primary N) is 2. The third-order valence-corrected chi connectivity index (χ3v) is 3.76. The maximum atomic E-state index is 12.9. The molecule has 1 atom stereocenters. The predicted octanol–water partition coefficient (Wildman–Crippen LogP) is 1.45. The van der Waals surface area contributed by atoms with Crippen LogP contribution in [0.1, 0.15) is 17.5 Å². The van der Waals surface area contributed by atoms with E-state index < -0.39 is 11.9 Å². The lowest BCUT2D eigenvalue weighted by Crippen LogP contribution is -2.38. The molecule has 1 radical (unpaired) electrons. The first-order valence-corrected chi connectivity index (χ1v) is 7.70. The van der Waals surface area contributed by atoms with E-state index in [1.54, 1.807) is 62.8 Å². The van der Waals surface area contributed by atoms with Gasteiger partial charge in [-0.2, -0.15) is 0 Å². The van der Waals surface area contributed by atoms with E-state index in [1.165, 1.54) is 0 Å². The quantitative estimate of drug-likeness (QED) is 0.756. The van der Waals surface area contributed by atoms with Crippen molar-refractivity contribution in [1.82, 2.24) is 0 Å². The van der Waals surface area contributed by atoms with Gasteiger partial charge >= 0.3 is 0 Å². The van der Waals surface area contributed by atoms with E-state index in [-0.39, 0.29) is 12.2 Å². The number of Topliss-reactive ketones (excluding diaryl/α,β-unsaturated/α-hetero) is 1. The molecule has 0 saturated carbocycles. The summed E-state index contributed by atoms with van der Waals surface area (Å²) in [5.74, 6) is 0.788. The van der Waals surface area contributed by atoms with Crippen molar-refractivity contribution < 1.29 is 19.1 Å². The molecule has 2 rings (SSSR count). The lowest BCUT2D eigenvalue weighted by molar-refractivity contribution is -0.123. The van der Waals surface area contributed by atoms with Crippen molar-refractivity contribution in [1.29, 1.82) is 0 Å². The topological polar surface area (TPSA) is 105 Å². The van der Waals surface area contributed by atoms with Gasteiger partial charge in [0, 0.05) is 6.42 Å². The Kier molecular flexibility index (Phi) is 6.14. The summed E-state index contributed by atoms with van der Waals surface area (Å²) < 4.78 is 10.3. The molecule has 1 amide bonds. The summed E-state index contributed by atoms with van der Waals surface area (Å²) >= 11 is 0. The van der Waals surface area contributed by atoms with E-state index in [4.69, 9.17) is 20.9 Å². The van der Waals surface area contributed by atoms with Crippen molar-refractivity contribution in [3.05, 3.63) is 65.6 Å². The van der Waals surface area contributed by atoms with Crippen molar-refractivity contribution in [3.8, 4) is 11.5 Å². The van der Waals surface area contributed by atoms with Crippen LogP contribution in [0, 0.1) is 5.92 Å². The molecular weight excluding hydrogens is 320 g/mol. The zero-order chi connectivity index (χ0) is 18.4. The van der Waals surface area contributed by atoms with Gasteiger partial charge in [0.15, 0.2) is 5.78 Å². The molecule has 0 spiro atoms. The summed E-state index contributed by atoms with van der Waals surface area (Å²) in [5, 5.41) is 0. The summed E-state index contributed by atoms with van der Waals surface area (Å²) in [6.07, 6.45) is -0.214. The second-order valence-corrected chi connectivity index (χ2v) is 5.47. The highest BCUT2D eigenvalue weighted by molar-refractivity contribution is 6.05. The number of rotatable bonds is 8. The van der Waals surface area contributed by atoms with Gasteiger partial charge in [0.2, 0.25) is 5.91 Å². The Morgan fingerprint density at radius 1 is 0.880 bits per heavy atom. The van der Waals surface area contributed by atoms with Crippen LogP contribution in [0.3, 0.4) is 0 Å². The van der Waals surface area contributed by atoms with Crippen molar-refractivity contribution in [2.75, 3.05) is 14.2 Å². The van der Waals surface area contributed by atoms with Crippen LogP contribution >= 0.6 is 0 Å². The number of carbonyl (C=O) groups is 2. The highest BCUT2D eigenvalue weighted by Gasteiger charge is 2.29. The molecule has 0 saturated heterocycles. The zero-order valence-electron chi connectivity index (χ0n) is 14.2. The van der Waals surface area contributed by atoms with Gasteiger partial charge in [-0.1, -0.05) is 24.3 Å². The van der Waals surface area contributed by atoms with E-state index in [9.17, 15) is 9.59 Å². The molecule has 25 heavy (non-hydrogen) atoms. The van der Waals surface area contributed by atoms with Crippen molar-refractivity contribution >= 4 is 11.7 Å². The maximum Gasteiger partial charge on any atom is 0.219 e. The Balaban J connectivity index is 2.41. The van der Waals surface area contributed by atoms with Crippen molar-refractivity contribution in [2.24, 2.45) is 11.5 Å². The monoisotopic (exact) mass is 341 g/mol. The molecule has 4 N–H and O–H groups in total. The molecule has 0 aliphatic carbocycles. The second-order valence-electron chi connectivity index (χ2n) is 5.47. The first-order valence-electron chi connectivity index (χ1n) is 7.70. The Labute approximate surface area is 146 Å². The van der Waals surface area contributed by atoms with E-state index in [0.717, 1.165) is 0 Å². The highest BCUT2D eigenvalue weighted by atomic mass is 16.5. The van der Waals surface area contributed by atoms with Crippen LogP contribution in [0.5, 0.6) is 11.5 Å². The van der Waals surface area contributed by atoms with E-state index in [0.29, 0.717) is 28.5 Å². The van der Waals surface area contributed by atoms with Crippen LogP contribution in [0.15, 0.2) is 48.5 Å². The summed E-state index contributed by atoms with van der Waals surface area (Å²) in [5.41, 5.74) is 12.4. The summed E-state index contributed by atoms with van der Waals surface area (Å²) in [7, 11) is 3.13. The fourth-order valence-electron chi connectivity index (χ4n) is 2.46. The Morgan fingerprint density at radius 3 is 1.60 bits per heavy atom. The molecule has 2 aromatic carbocycles. The smallest absolute Gasteiger partial charge is 0.219 e. The molecule has 0 aliphatic rings. The molecule has 2 aromatic rings. The number of hydrogen-bond donors (Lipinski definition) is 2. The standard InChI is InChI=1S/C19H21N2O4/c1-24-14-7-3-12(4-8-14)18(19(23)16(20)11-17(21)22)13-5-9-15(25-2)10-6-13/h3-10,16H,11,20H2,1-2H3,(H2,21,22)/t16-/m0/s1. The van der Waals surface area contributed by atoms with Crippen molar-refractivity contribution in [3.63, 3.8) is 0 Å². The molecule has 0 heterocycles. The minimum atomic E-state index is -1.00. The number of benzene rings is 2. The van der Waals surface area contributed by atoms with Gasteiger partial charge in [0.05, 0.1) is 20.3 Å². The van der Waals surface area contributed by atoms with Gasteiger partial charge in [-0.15, -0.1) is 0 Å². The molecule has 131 valence electrons. The Morgan fingerprint density at radius 2 is 1.28 bits per heavy atom. The molecule has 0 aliphatic heterocycles. The number of amides is 1. The molecule has 0 bridgehead atoms. The second kappa shape index (κ2) is 8.30. The first-order chi connectivity index (χ1) is 12.0. The number of ketones is 1. The fraction of sp³-hybridized carbons (Fsp3) is 0.211. The lowest BCUT2D eigenvalue weighted by Gasteiger charge is -2.20. The largest absolute Gasteiger partial charge is 0.497 e. The van der Waals surface area contributed by atoms with Crippen LogP contribution in [0.4, 0.5) is 0 Å². The van der Waals surface area contributed by atoms with E-state index >= 15 is 0 Å². The average Bonchev–Trinajstić information content (AvgIpc) is 2.62. The molecule has 0 aromatic heterocycles. The average molecular weight is 341 g/mol. The Hall–Kier alpha value is -2.86. The van der Waals surface area contributed by atoms with Crippen LogP contribution in [0.2, 0.25) is 0 Å². The summed E-state index contributed by atoms with van der Waals surface area (Å²) in [6.45, 7) is 0. The zero-order valence-corrected chi connectivity index (χ0v) is 14.2. The number of methoxy groups -OCH3 is 2. The maximum absolute atomic E-state index is 12.9. The van der Waals surface area contributed by atoms with Gasteiger partial charge in [-0.25, -0.2) is 0 Å². The van der Waals surface area contributed by atoms with Gasteiger partial charge < -0.3 is 20.9 Å².